The molecule has 2 rings (SSSR count). The summed E-state index contributed by atoms with van der Waals surface area (Å²) < 4.78 is 0. The number of benzene rings is 1. The van der Waals surface area contributed by atoms with E-state index in [-0.39, 0.29) is 29.2 Å². The van der Waals surface area contributed by atoms with Crippen molar-refractivity contribution in [1.82, 2.24) is 5.32 Å². The molecule has 0 aromatic heterocycles. The third kappa shape index (κ3) is 9.62. The molecule has 0 atom stereocenters. The first-order chi connectivity index (χ1) is 16.8. The fraction of sp³-hybridized carbons (Fsp3) is 0.633. The Labute approximate surface area is 211 Å². The number of amides is 1. The average molecular weight is 484 g/mol. The largest absolute Gasteiger partial charge is 0.507 e. The minimum atomic E-state index is -0.655. The van der Waals surface area contributed by atoms with Crippen molar-refractivity contribution in [3.05, 3.63) is 41.0 Å². The van der Waals surface area contributed by atoms with Crippen LogP contribution in [-0.2, 0) is 9.59 Å². The molecule has 0 saturated heterocycles. The quantitative estimate of drug-likeness (QED) is 0.179. The van der Waals surface area contributed by atoms with Crippen LogP contribution in [0.2, 0.25) is 0 Å². The Balaban J connectivity index is 1.64. The van der Waals surface area contributed by atoms with Gasteiger partial charge >= 0.3 is 0 Å². The zero-order valence-electron chi connectivity index (χ0n) is 22.1. The van der Waals surface area contributed by atoms with Gasteiger partial charge in [0.25, 0.3) is 0 Å². The van der Waals surface area contributed by atoms with Crippen LogP contribution in [0, 0.1) is 5.41 Å². The van der Waals surface area contributed by atoms with E-state index >= 15 is 0 Å². The van der Waals surface area contributed by atoms with Crippen molar-refractivity contribution in [3.8, 4) is 0 Å². The van der Waals surface area contributed by atoms with Crippen LogP contribution in [0.5, 0.6) is 0 Å². The van der Waals surface area contributed by atoms with Gasteiger partial charge in [0, 0.05) is 29.7 Å². The number of allylic oxidation sites excluding steroid dienone is 1. The molecule has 35 heavy (non-hydrogen) atoms. The summed E-state index contributed by atoms with van der Waals surface area (Å²) in [7, 11) is 0. The van der Waals surface area contributed by atoms with Crippen LogP contribution < -0.4 is 5.32 Å². The Morgan fingerprint density at radius 3 is 1.89 bits per heavy atom. The van der Waals surface area contributed by atoms with E-state index in [1.807, 2.05) is 13.8 Å². The smallest absolute Gasteiger partial charge is 0.234 e. The van der Waals surface area contributed by atoms with Crippen LogP contribution in [0.25, 0.3) is 5.76 Å². The molecule has 194 valence electrons. The third-order valence-corrected chi connectivity index (χ3v) is 6.87. The van der Waals surface area contributed by atoms with Crippen LogP contribution >= 0.6 is 0 Å². The highest BCUT2D eigenvalue weighted by Gasteiger charge is 2.35. The monoisotopic (exact) mass is 483 g/mol. The van der Waals surface area contributed by atoms with Gasteiger partial charge in [-0.1, -0.05) is 116 Å². The molecule has 0 bridgehead atoms. The second-order valence-corrected chi connectivity index (χ2v) is 10.8. The van der Waals surface area contributed by atoms with Gasteiger partial charge in [0.05, 0.1) is 0 Å². The van der Waals surface area contributed by atoms with E-state index in [4.69, 9.17) is 0 Å². The number of nitrogens with one attached hydrogen (secondary N) is 1. The zero-order valence-corrected chi connectivity index (χ0v) is 22.1. The van der Waals surface area contributed by atoms with Gasteiger partial charge < -0.3 is 10.4 Å². The number of fused-ring (bicyclic) bond motifs is 1. The van der Waals surface area contributed by atoms with E-state index in [2.05, 4.69) is 12.2 Å². The molecule has 0 fully saturated rings. The van der Waals surface area contributed by atoms with Gasteiger partial charge in [0.1, 0.15) is 5.76 Å². The minimum absolute atomic E-state index is 0.0137. The molecule has 0 aliphatic heterocycles. The number of carbonyl (C=O) groups is 3. The van der Waals surface area contributed by atoms with Gasteiger partial charge in [-0.25, -0.2) is 0 Å². The van der Waals surface area contributed by atoms with Crippen molar-refractivity contribution in [2.24, 2.45) is 5.41 Å². The fourth-order valence-corrected chi connectivity index (χ4v) is 4.67. The van der Waals surface area contributed by atoms with Crippen molar-refractivity contribution in [2.75, 3.05) is 6.54 Å². The number of carbonyl (C=O) groups excluding carboxylic acids is 3. The number of rotatable bonds is 17. The standard InChI is InChI=1S/C30H45NO4/c1-4-5-6-7-8-9-10-11-12-13-14-15-20-26(32)31-22-30(2,3)21-25-27(33)23-18-16-17-19-24(23)28(34)29(25)35/h16-19,33H,4-15,20-22H2,1-3H3,(H,31,32). The number of hydrogen-bond acceptors (Lipinski definition) is 4. The topological polar surface area (TPSA) is 83.5 Å². The van der Waals surface area contributed by atoms with Gasteiger partial charge in [-0.15, -0.1) is 0 Å². The van der Waals surface area contributed by atoms with Crippen molar-refractivity contribution in [2.45, 2.75) is 111 Å². The molecule has 0 radical (unpaired) electrons. The summed E-state index contributed by atoms with van der Waals surface area (Å²) in [4.78, 5) is 37.4. The normalized spacial score (nSPS) is 13.8. The van der Waals surface area contributed by atoms with Crippen molar-refractivity contribution >= 4 is 23.2 Å². The Bertz CT molecular complexity index is 884. The lowest BCUT2D eigenvalue weighted by atomic mass is 9.79. The molecule has 0 saturated carbocycles. The van der Waals surface area contributed by atoms with E-state index in [0.29, 0.717) is 18.5 Å². The second kappa shape index (κ2) is 14.9. The molecule has 0 heterocycles. The summed E-state index contributed by atoms with van der Waals surface area (Å²) in [6.45, 7) is 6.48. The summed E-state index contributed by atoms with van der Waals surface area (Å²) in [5.74, 6) is -1.35. The summed E-state index contributed by atoms with van der Waals surface area (Å²) in [5.41, 5.74) is 0.303. The van der Waals surface area contributed by atoms with Crippen molar-refractivity contribution in [1.29, 1.82) is 0 Å². The maximum atomic E-state index is 12.6. The summed E-state index contributed by atoms with van der Waals surface area (Å²) in [6, 6.07) is 6.62. The van der Waals surface area contributed by atoms with E-state index in [1.54, 1.807) is 24.3 Å². The molecular formula is C30H45NO4. The van der Waals surface area contributed by atoms with Gasteiger partial charge in [0.15, 0.2) is 0 Å². The minimum Gasteiger partial charge on any atom is -0.507 e. The van der Waals surface area contributed by atoms with E-state index in [9.17, 15) is 19.5 Å². The van der Waals surface area contributed by atoms with Gasteiger partial charge in [-0.3, -0.25) is 14.4 Å². The van der Waals surface area contributed by atoms with E-state index in [0.717, 1.165) is 12.8 Å². The third-order valence-electron chi connectivity index (χ3n) is 6.87. The highest BCUT2D eigenvalue weighted by atomic mass is 16.3. The van der Waals surface area contributed by atoms with Gasteiger partial charge in [-0.05, 0) is 18.3 Å². The summed E-state index contributed by atoms with van der Waals surface area (Å²) in [6.07, 6.45) is 15.9. The SMILES string of the molecule is CCCCCCCCCCCCCCC(=O)NCC(C)(C)CC1=C(O)c2ccccc2C(=O)C1=O. The second-order valence-electron chi connectivity index (χ2n) is 10.8. The predicted octanol–water partition coefficient (Wildman–Crippen LogP) is 7.34. The molecule has 1 aliphatic carbocycles. The Kier molecular flexibility index (Phi) is 12.2. The number of Topliss-reactive ketones (excluding diaryl/α,β-unsaturated/α-hetero) is 2. The van der Waals surface area contributed by atoms with Crippen LogP contribution in [0.3, 0.4) is 0 Å². The molecule has 5 heteroatoms. The lowest BCUT2D eigenvalue weighted by Gasteiger charge is -2.28. The molecule has 1 aromatic carbocycles. The summed E-state index contributed by atoms with van der Waals surface area (Å²) >= 11 is 0. The first-order valence-corrected chi connectivity index (χ1v) is 13.6. The Morgan fingerprint density at radius 2 is 1.31 bits per heavy atom. The number of hydrogen-bond donors (Lipinski definition) is 2. The highest BCUT2D eigenvalue weighted by Crippen LogP contribution is 2.34. The molecule has 1 aliphatic rings. The molecule has 5 nitrogen and oxygen atoms in total. The molecule has 1 aromatic rings. The number of unbranched alkanes of at least 4 members (excludes halogenated alkanes) is 11. The Hall–Kier alpha value is -2.43. The number of ketones is 2. The molecule has 2 N–H and O–H groups in total. The van der Waals surface area contributed by atoms with Crippen LogP contribution in [-0.4, -0.2) is 29.1 Å². The lowest BCUT2D eigenvalue weighted by Crippen LogP contribution is -2.36. The summed E-state index contributed by atoms with van der Waals surface area (Å²) in [5, 5.41) is 13.6. The molecular weight excluding hydrogens is 438 g/mol. The van der Waals surface area contributed by atoms with E-state index in [1.165, 1.54) is 64.2 Å². The zero-order chi connectivity index (χ0) is 25.7. The fourth-order valence-electron chi connectivity index (χ4n) is 4.67. The number of aliphatic hydroxyl groups excluding tert-OH is 1. The van der Waals surface area contributed by atoms with Crippen LogP contribution in [0.4, 0.5) is 0 Å². The maximum Gasteiger partial charge on any atom is 0.234 e. The first-order valence-electron chi connectivity index (χ1n) is 13.6. The highest BCUT2D eigenvalue weighted by molar-refractivity contribution is 6.52. The maximum absolute atomic E-state index is 12.6. The first kappa shape index (κ1) is 28.8. The lowest BCUT2D eigenvalue weighted by molar-refractivity contribution is -0.121. The molecule has 1 amide bonds. The van der Waals surface area contributed by atoms with Crippen molar-refractivity contribution < 1.29 is 19.5 Å². The Morgan fingerprint density at radius 1 is 0.800 bits per heavy atom. The van der Waals surface area contributed by atoms with Gasteiger partial charge in [0.2, 0.25) is 17.5 Å². The average Bonchev–Trinajstić information content (AvgIpc) is 2.85. The van der Waals surface area contributed by atoms with E-state index < -0.39 is 17.0 Å². The van der Waals surface area contributed by atoms with Crippen LogP contribution in [0.1, 0.15) is 127 Å². The molecule has 0 unspecified atom stereocenters. The molecule has 0 spiro atoms. The van der Waals surface area contributed by atoms with Crippen LogP contribution in [0.15, 0.2) is 29.8 Å². The van der Waals surface area contributed by atoms with Crippen molar-refractivity contribution in [3.63, 3.8) is 0 Å². The predicted molar refractivity (Wildman–Crippen MR) is 142 cm³/mol. The number of aliphatic hydroxyl groups is 1. The van der Waals surface area contributed by atoms with Gasteiger partial charge in [-0.2, -0.15) is 0 Å².